The second kappa shape index (κ2) is 7.28. The van der Waals surface area contributed by atoms with E-state index in [0.717, 1.165) is 0 Å². The Labute approximate surface area is 125 Å². The van der Waals surface area contributed by atoms with Gasteiger partial charge >= 0.3 is 0 Å². The molecule has 0 saturated heterocycles. The topological polar surface area (TPSA) is 127 Å². The molecule has 0 unspecified atom stereocenters. The number of carbonyl (C=O) groups excluding carboxylic acids is 1. The van der Waals surface area contributed by atoms with Crippen molar-refractivity contribution < 1.29 is 13.2 Å². The first-order valence-corrected chi connectivity index (χ1v) is 8.18. The fourth-order valence-electron chi connectivity index (χ4n) is 1.66. The number of primary sulfonamides is 1. The Morgan fingerprint density at radius 2 is 2.00 bits per heavy atom. The summed E-state index contributed by atoms with van der Waals surface area (Å²) in [5.41, 5.74) is 6.26. The number of nitrogens with one attached hydrogen (secondary N) is 2. The van der Waals surface area contributed by atoms with Crippen molar-refractivity contribution in [2.24, 2.45) is 11.1 Å². The highest BCUT2D eigenvalue weighted by atomic mass is 32.2. The van der Waals surface area contributed by atoms with Gasteiger partial charge in [0.1, 0.15) is 4.90 Å². The number of hydrogen-bond donors (Lipinski definition) is 4. The molecule has 0 radical (unpaired) electrons. The van der Waals surface area contributed by atoms with Gasteiger partial charge in [-0.2, -0.15) is 0 Å². The van der Waals surface area contributed by atoms with Crippen molar-refractivity contribution in [3.63, 3.8) is 0 Å². The van der Waals surface area contributed by atoms with Crippen LogP contribution in [0.15, 0.2) is 23.1 Å². The lowest BCUT2D eigenvalue weighted by atomic mass is 10.2. The molecule has 118 valence electrons. The van der Waals surface area contributed by atoms with E-state index >= 15 is 0 Å². The quantitative estimate of drug-likeness (QED) is 0.545. The first-order chi connectivity index (χ1) is 9.71. The molecule has 1 aromatic rings. The summed E-state index contributed by atoms with van der Waals surface area (Å²) in [5, 5.41) is 10.8. The monoisotopic (exact) mass is 314 g/mol. The third-order valence-corrected chi connectivity index (χ3v) is 3.72. The summed E-state index contributed by atoms with van der Waals surface area (Å²) in [4.78, 5) is 11.4. The summed E-state index contributed by atoms with van der Waals surface area (Å²) in [6.45, 7) is 5.00. The maximum atomic E-state index is 11.6. The molecular formula is C13H22N4O3S. The number of amides is 1. The third-order valence-electron chi connectivity index (χ3n) is 2.75. The number of nitrogen functional groups attached to an aromatic ring is 1. The summed E-state index contributed by atoms with van der Waals surface area (Å²) in [7, 11) is -3.86. The van der Waals surface area contributed by atoms with E-state index in [2.05, 4.69) is 10.6 Å². The lowest BCUT2D eigenvalue weighted by Crippen LogP contribution is -2.28. The van der Waals surface area contributed by atoms with Crippen molar-refractivity contribution in [2.45, 2.75) is 25.2 Å². The van der Waals surface area contributed by atoms with E-state index in [1.165, 1.54) is 12.1 Å². The fourth-order valence-corrected chi connectivity index (χ4v) is 2.35. The highest BCUT2D eigenvalue weighted by Crippen LogP contribution is 2.25. The zero-order chi connectivity index (χ0) is 16.0. The average molecular weight is 314 g/mol. The number of para-hydroxylation sites is 1. The number of carbonyl (C=O) groups is 1. The maximum Gasteiger partial charge on any atom is 0.240 e. The molecule has 0 heterocycles. The van der Waals surface area contributed by atoms with Crippen LogP contribution in [-0.2, 0) is 14.8 Å². The summed E-state index contributed by atoms with van der Waals surface area (Å²) in [5.74, 6) is 0.321. The number of hydrogen-bond acceptors (Lipinski definition) is 5. The number of anilines is 2. The normalized spacial score (nSPS) is 11.4. The number of benzene rings is 1. The summed E-state index contributed by atoms with van der Waals surface area (Å²) >= 11 is 0. The van der Waals surface area contributed by atoms with Gasteiger partial charge in [0, 0.05) is 19.5 Å². The molecule has 0 fully saturated rings. The predicted octanol–water partition coefficient (Wildman–Crippen LogP) is 0.490. The largest absolute Gasteiger partial charge is 0.396 e. The zero-order valence-corrected chi connectivity index (χ0v) is 13.0. The lowest BCUT2D eigenvalue weighted by molar-refractivity contribution is -0.120. The van der Waals surface area contributed by atoms with Crippen LogP contribution in [0.4, 0.5) is 11.4 Å². The number of sulfonamides is 1. The van der Waals surface area contributed by atoms with Crippen LogP contribution in [0.3, 0.4) is 0 Å². The maximum absolute atomic E-state index is 11.6. The molecule has 0 aromatic heterocycles. The van der Waals surface area contributed by atoms with Gasteiger partial charge in [-0.15, -0.1) is 0 Å². The number of rotatable bonds is 7. The standard InChI is InChI=1S/C13H22N4O3S/c1-9(2)8-17-12(18)6-7-16-10-4-3-5-11(13(10)14)21(15,19)20/h3-5,9,16H,6-8,14H2,1-2H3,(H,17,18)(H2,15,19,20). The zero-order valence-electron chi connectivity index (χ0n) is 12.2. The van der Waals surface area contributed by atoms with E-state index in [0.29, 0.717) is 24.7 Å². The van der Waals surface area contributed by atoms with E-state index in [9.17, 15) is 13.2 Å². The SMILES string of the molecule is CC(C)CNC(=O)CCNc1cccc(S(N)(=O)=O)c1N. The van der Waals surface area contributed by atoms with Crippen LogP contribution in [0.2, 0.25) is 0 Å². The van der Waals surface area contributed by atoms with E-state index in [-0.39, 0.29) is 22.9 Å². The van der Waals surface area contributed by atoms with Crippen molar-refractivity contribution in [3.8, 4) is 0 Å². The van der Waals surface area contributed by atoms with Crippen LogP contribution in [0.5, 0.6) is 0 Å². The lowest BCUT2D eigenvalue weighted by Gasteiger charge is -2.12. The first-order valence-electron chi connectivity index (χ1n) is 6.63. The minimum atomic E-state index is -3.86. The molecule has 6 N–H and O–H groups in total. The van der Waals surface area contributed by atoms with E-state index < -0.39 is 10.0 Å². The Morgan fingerprint density at radius 1 is 1.33 bits per heavy atom. The summed E-state index contributed by atoms with van der Waals surface area (Å²) in [6.07, 6.45) is 0.270. The van der Waals surface area contributed by atoms with Crippen molar-refractivity contribution in [2.75, 3.05) is 24.1 Å². The minimum absolute atomic E-state index is 0.0580. The molecule has 0 bridgehead atoms. The summed E-state index contributed by atoms with van der Waals surface area (Å²) in [6, 6.07) is 4.51. The molecule has 0 aliphatic carbocycles. The van der Waals surface area contributed by atoms with Crippen LogP contribution < -0.4 is 21.5 Å². The molecule has 1 amide bonds. The van der Waals surface area contributed by atoms with Crippen LogP contribution in [0.25, 0.3) is 0 Å². The molecule has 0 spiro atoms. The highest BCUT2D eigenvalue weighted by Gasteiger charge is 2.14. The molecule has 1 aromatic carbocycles. The highest BCUT2D eigenvalue weighted by molar-refractivity contribution is 7.89. The van der Waals surface area contributed by atoms with Crippen molar-refractivity contribution in [1.82, 2.24) is 5.32 Å². The first kappa shape index (κ1) is 17.3. The predicted molar refractivity (Wildman–Crippen MR) is 83.2 cm³/mol. The Kier molecular flexibility index (Phi) is 5.98. The second-order valence-corrected chi connectivity index (χ2v) is 6.67. The molecule has 7 nitrogen and oxygen atoms in total. The van der Waals surface area contributed by atoms with Crippen molar-refractivity contribution in [3.05, 3.63) is 18.2 Å². The molecule has 1 rings (SSSR count). The minimum Gasteiger partial charge on any atom is -0.396 e. The average Bonchev–Trinajstić information content (AvgIpc) is 2.37. The van der Waals surface area contributed by atoms with Gasteiger partial charge in [0.2, 0.25) is 15.9 Å². The molecule has 8 heteroatoms. The Bertz CT molecular complexity index is 599. The second-order valence-electron chi connectivity index (χ2n) is 5.14. The fraction of sp³-hybridized carbons (Fsp3) is 0.462. The Hall–Kier alpha value is -1.80. The smallest absolute Gasteiger partial charge is 0.240 e. The summed E-state index contributed by atoms with van der Waals surface area (Å²) < 4.78 is 22.7. The van der Waals surface area contributed by atoms with Crippen LogP contribution >= 0.6 is 0 Å². The van der Waals surface area contributed by atoms with E-state index in [1.807, 2.05) is 13.8 Å². The Morgan fingerprint density at radius 3 is 2.57 bits per heavy atom. The van der Waals surface area contributed by atoms with Crippen LogP contribution in [0.1, 0.15) is 20.3 Å². The van der Waals surface area contributed by atoms with Gasteiger partial charge in [0.05, 0.1) is 11.4 Å². The van der Waals surface area contributed by atoms with Crippen molar-refractivity contribution >= 4 is 27.3 Å². The van der Waals surface area contributed by atoms with Gasteiger partial charge in [-0.1, -0.05) is 19.9 Å². The molecular weight excluding hydrogens is 292 g/mol. The van der Waals surface area contributed by atoms with Gasteiger partial charge in [0.15, 0.2) is 0 Å². The van der Waals surface area contributed by atoms with Gasteiger partial charge in [-0.3, -0.25) is 4.79 Å². The van der Waals surface area contributed by atoms with E-state index in [1.54, 1.807) is 6.07 Å². The van der Waals surface area contributed by atoms with Crippen molar-refractivity contribution in [1.29, 1.82) is 0 Å². The molecule has 0 saturated carbocycles. The van der Waals surface area contributed by atoms with Gasteiger partial charge in [-0.05, 0) is 18.1 Å². The third kappa shape index (κ3) is 5.60. The Balaban J connectivity index is 2.59. The molecule has 0 aliphatic rings. The molecule has 0 atom stereocenters. The molecule has 0 aliphatic heterocycles. The van der Waals surface area contributed by atoms with Gasteiger partial charge < -0.3 is 16.4 Å². The van der Waals surface area contributed by atoms with E-state index in [4.69, 9.17) is 10.9 Å². The van der Waals surface area contributed by atoms with Gasteiger partial charge in [-0.25, -0.2) is 13.6 Å². The van der Waals surface area contributed by atoms with Crippen LogP contribution in [0, 0.1) is 5.92 Å². The number of nitrogens with two attached hydrogens (primary N) is 2. The van der Waals surface area contributed by atoms with Crippen LogP contribution in [-0.4, -0.2) is 27.4 Å². The van der Waals surface area contributed by atoms with Gasteiger partial charge in [0.25, 0.3) is 0 Å². The molecule has 21 heavy (non-hydrogen) atoms.